The molecule has 0 aromatic heterocycles. The van der Waals surface area contributed by atoms with Gasteiger partial charge < -0.3 is 14.6 Å². The van der Waals surface area contributed by atoms with Gasteiger partial charge in [-0.2, -0.15) is 13.2 Å². The second-order valence-electron chi connectivity index (χ2n) is 6.21. The Morgan fingerprint density at radius 1 is 1.00 bits per heavy atom. The van der Waals surface area contributed by atoms with E-state index in [0.717, 1.165) is 12.1 Å². The average Bonchev–Trinajstić information content (AvgIpc) is 2.67. The molecular weight excluding hydrogens is 392 g/mol. The summed E-state index contributed by atoms with van der Waals surface area (Å²) in [5, 5.41) is 10.2. The average molecular weight is 408 g/mol. The van der Waals surface area contributed by atoms with Crippen molar-refractivity contribution in [2.45, 2.75) is 25.6 Å². The van der Waals surface area contributed by atoms with Gasteiger partial charge in [-0.25, -0.2) is 9.18 Å². The maximum absolute atomic E-state index is 14.1. The van der Waals surface area contributed by atoms with Crippen LogP contribution in [0.15, 0.2) is 54.6 Å². The lowest BCUT2D eigenvalue weighted by molar-refractivity contribution is -0.145. The van der Waals surface area contributed by atoms with Gasteiger partial charge in [0.1, 0.15) is 11.5 Å². The molecule has 29 heavy (non-hydrogen) atoms. The number of carbonyl (C=O) groups is 1. The molecule has 0 radical (unpaired) electrons. The molecule has 1 unspecified atom stereocenters. The van der Waals surface area contributed by atoms with Gasteiger partial charge in [-0.05, 0) is 36.8 Å². The Morgan fingerprint density at radius 2 is 1.62 bits per heavy atom. The van der Waals surface area contributed by atoms with Crippen LogP contribution < -0.4 is 9.47 Å². The second-order valence-corrected chi connectivity index (χ2v) is 6.21. The summed E-state index contributed by atoms with van der Waals surface area (Å²) in [6.07, 6.45) is -5.46. The first-order valence-electron chi connectivity index (χ1n) is 8.66. The number of carboxylic acids is 1. The Labute approximate surface area is 163 Å². The van der Waals surface area contributed by atoms with Crippen LogP contribution in [0, 0.1) is 5.82 Å². The van der Waals surface area contributed by atoms with Gasteiger partial charge in [0, 0.05) is 10.8 Å². The van der Waals surface area contributed by atoms with Crippen LogP contribution >= 0.6 is 0 Å². The number of alkyl halides is 3. The Bertz CT molecular complexity index is 1050. The summed E-state index contributed by atoms with van der Waals surface area (Å²) >= 11 is 0. The predicted octanol–water partition coefficient (Wildman–Crippen LogP) is 6.03. The number of aliphatic carboxylic acids is 1. The molecule has 0 aliphatic heterocycles. The first-order chi connectivity index (χ1) is 13.7. The molecule has 0 spiro atoms. The van der Waals surface area contributed by atoms with E-state index in [0.29, 0.717) is 22.6 Å². The third-order valence-electron chi connectivity index (χ3n) is 4.24. The number of carboxylic acid groups (broad SMARTS) is 1. The van der Waals surface area contributed by atoms with Crippen molar-refractivity contribution < 1.29 is 36.9 Å². The molecule has 0 bridgehead atoms. The van der Waals surface area contributed by atoms with Crippen LogP contribution in [0.2, 0.25) is 0 Å². The topological polar surface area (TPSA) is 55.8 Å². The molecule has 4 nitrogen and oxygen atoms in total. The van der Waals surface area contributed by atoms with E-state index in [2.05, 4.69) is 0 Å². The van der Waals surface area contributed by atoms with Crippen molar-refractivity contribution in [1.29, 1.82) is 0 Å². The molecule has 8 heteroatoms. The fraction of sp³-hybridized carbons (Fsp3) is 0.190. The van der Waals surface area contributed by atoms with E-state index in [1.807, 2.05) is 0 Å². The van der Waals surface area contributed by atoms with Crippen molar-refractivity contribution in [3.8, 4) is 17.2 Å². The van der Waals surface area contributed by atoms with Gasteiger partial charge in [0.15, 0.2) is 17.7 Å². The molecule has 152 valence electrons. The molecule has 0 amide bonds. The minimum absolute atomic E-state index is 0.190. The third-order valence-corrected chi connectivity index (χ3v) is 4.24. The molecule has 0 aliphatic carbocycles. The van der Waals surface area contributed by atoms with E-state index in [1.54, 1.807) is 37.3 Å². The van der Waals surface area contributed by atoms with Crippen LogP contribution in [-0.4, -0.2) is 17.2 Å². The van der Waals surface area contributed by atoms with Crippen LogP contribution in [0.25, 0.3) is 10.8 Å². The standard InChI is InChI=1S/C21H16F4O4/c1-2-16(20(26)27)28-17-7-3-6-14-13(17)5-4-8-18(14)29-19-10-9-12(11-15(19)22)21(23,24)25/h3-11,16H,2H2,1H3,(H,26,27). The van der Waals surface area contributed by atoms with Crippen LogP contribution in [-0.2, 0) is 11.0 Å². The Balaban J connectivity index is 1.97. The molecule has 3 aromatic carbocycles. The van der Waals surface area contributed by atoms with Crippen molar-refractivity contribution >= 4 is 16.7 Å². The van der Waals surface area contributed by atoms with E-state index in [1.165, 1.54) is 6.07 Å². The summed E-state index contributed by atoms with van der Waals surface area (Å²) in [5.41, 5.74) is -1.12. The Morgan fingerprint density at radius 3 is 2.17 bits per heavy atom. The molecule has 0 saturated heterocycles. The molecule has 0 aliphatic rings. The molecule has 1 atom stereocenters. The Hall–Kier alpha value is -3.29. The van der Waals surface area contributed by atoms with Crippen LogP contribution in [0.5, 0.6) is 17.2 Å². The summed E-state index contributed by atoms with van der Waals surface area (Å²) in [6.45, 7) is 1.67. The number of hydrogen-bond donors (Lipinski definition) is 1. The highest BCUT2D eigenvalue weighted by Gasteiger charge is 2.31. The van der Waals surface area contributed by atoms with Crippen LogP contribution in [0.4, 0.5) is 17.6 Å². The fourth-order valence-electron chi connectivity index (χ4n) is 2.78. The van der Waals surface area contributed by atoms with Gasteiger partial charge in [0.2, 0.25) is 0 Å². The number of rotatable bonds is 6. The number of halogens is 4. The highest BCUT2D eigenvalue weighted by molar-refractivity contribution is 5.93. The van der Waals surface area contributed by atoms with Crippen molar-refractivity contribution in [2.24, 2.45) is 0 Å². The summed E-state index contributed by atoms with van der Waals surface area (Å²) in [5.74, 6) is -2.14. The van der Waals surface area contributed by atoms with Gasteiger partial charge in [-0.1, -0.05) is 31.2 Å². The largest absolute Gasteiger partial charge is 0.479 e. The normalized spacial score (nSPS) is 12.6. The van der Waals surface area contributed by atoms with E-state index in [9.17, 15) is 27.5 Å². The van der Waals surface area contributed by atoms with Crippen molar-refractivity contribution in [2.75, 3.05) is 0 Å². The van der Waals surface area contributed by atoms with Gasteiger partial charge in [-0.3, -0.25) is 0 Å². The minimum atomic E-state index is -4.66. The van der Waals surface area contributed by atoms with Gasteiger partial charge in [0.25, 0.3) is 0 Å². The lowest BCUT2D eigenvalue weighted by Gasteiger charge is -2.16. The zero-order chi connectivity index (χ0) is 21.2. The van der Waals surface area contributed by atoms with Gasteiger partial charge in [-0.15, -0.1) is 0 Å². The van der Waals surface area contributed by atoms with Gasteiger partial charge in [0.05, 0.1) is 5.56 Å². The number of hydrogen-bond acceptors (Lipinski definition) is 3. The zero-order valence-electron chi connectivity index (χ0n) is 15.2. The summed E-state index contributed by atoms with van der Waals surface area (Å²) in [7, 11) is 0. The predicted molar refractivity (Wildman–Crippen MR) is 97.8 cm³/mol. The zero-order valence-corrected chi connectivity index (χ0v) is 15.2. The van der Waals surface area contributed by atoms with Crippen molar-refractivity contribution in [3.05, 3.63) is 66.0 Å². The molecule has 3 aromatic rings. The van der Waals surface area contributed by atoms with Gasteiger partial charge >= 0.3 is 12.1 Å². The summed E-state index contributed by atoms with van der Waals surface area (Å²) in [6, 6.07) is 11.7. The van der Waals surface area contributed by atoms with Crippen LogP contribution in [0.3, 0.4) is 0 Å². The SMILES string of the molecule is CCC(Oc1cccc2c(Oc3ccc(C(F)(F)F)cc3F)cccc12)C(=O)O. The first kappa shape index (κ1) is 20.4. The van der Waals surface area contributed by atoms with E-state index in [-0.39, 0.29) is 17.9 Å². The van der Waals surface area contributed by atoms with Crippen LogP contribution in [0.1, 0.15) is 18.9 Å². The van der Waals surface area contributed by atoms with Crippen molar-refractivity contribution in [1.82, 2.24) is 0 Å². The molecule has 1 N–H and O–H groups in total. The summed E-state index contributed by atoms with van der Waals surface area (Å²) < 4.78 is 63.3. The lowest BCUT2D eigenvalue weighted by Crippen LogP contribution is -2.25. The van der Waals surface area contributed by atoms with Crippen molar-refractivity contribution in [3.63, 3.8) is 0 Å². The molecular formula is C21H16F4O4. The molecule has 0 heterocycles. The smallest absolute Gasteiger partial charge is 0.416 e. The van der Waals surface area contributed by atoms with E-state index >= 15 is 0 Å². The maximum Gasteiger partial charge on any atom is 0.416 e. The third kappa shape index (κ3) is 4.42. The lowest BCUT2D eigenvalue weighted by atomic mass is 10.1. The Kier molecular flexibility index (Phi) is 5.63. The monoisotopic (exact) mass is 408 g/mol. The maximum atomic E-state index is 14.1. The highest BCUT2D eigenvalue weighted by Crippen LogP contribution is 2.37. The number of ether oxygens (including phenoxy) is 2. The number of fused-ring (bicyclic) bond motifs is 1. The minimum Gasteiger partial charge on any atom is -0.479 e. The summed E-state index contributed by atoms with van der Waals surface area (Å²) in [4.78, 5) is 11.2. The molecule has 3 rings (SSSR count). The molecule has 0 saturated carbocycles. The quantitative estimate of drug-likeness (QED) is 0.506. The van der Waals surface area contributed by atoms with E-state index < -0.39 is 29.6 Å². The number of benzene rings is 3. The molecule has 0 fully saturated rings. The van der Waals surface area contributed by atoms with E-state index in [4.69, 9.17) is 9.47 Å². The second kappa shape index (κ2) is 7.98. The fourth-order valence-corrected chi connectivity index (χ4v) is 2.78. The first-order valence-corrected chi connectivity index (χ1v) is 8.66. The highest BCUT2D eigenvalue weighted by atomic mass is 19.4.